The fourth-order valence-electron chi connectivity index (χ4n) is 4.14. The molecular weight excluding hydrogens is 350 g/mol. The van der Waals surface area contributed by atoms with Crippen molar-refractivity contribution in [3.8, 4) is 11.5 Å². The molecule has 1 aliphatic heterocycles. The summed E-state index contributed by atoms with van der Waals surface area (Å²) in [6.07, 6.45) is 2.28. The van der Waals surface area contributed by atoms with Crippen LogP contribution in [-0.4, -0.2) is 49.3 Å². The minimum atomic E-state index is 0.456. The van der Waals surface area contributed by atoms with Gasteiger partial charge in [-0.25, -0.2) is 4.98 Å². The van der Waals surface area contributed by atoms with Crippen LogP contribution >= 0.6 is 0 Å². The number of methoxy groups -OCH3 is 2. The molecule has 0 amide bonds. The number of hydrogen-bond acceptors (Lipinski definition) is 5. The number of anilines is 1. The normalized spacial score (nSPS) is 16.0. The van der Waals surface area contributed by atoms with Gasteiger partial charge in [-0.3, -0.25) is 0 Å². The van der Waals surface area contributed by atoms with Crippen LogP contribution in [0.5, 0.6) is 11.5 Å². The van der Waals surface area contributed by atoms with Crippen molar-refractivity contribution in [3.63, 3.8) is 0 Å². The first-order valence-corrected chi connectivity index (χ1v) is 10.1. The topological polar surface area (TPSA) is 46.6 Å². The van der Waals surface area contributed by atoms with Crippen LogP contribution in [0.1, 0.15) is 26.7 Å². The molecule has 0 unspecified atom stereocenters. The predicted octanol–water partition coefficient (Wildman–Crippen LogP) is 4.69. The number of piperidine rings is 1. The molecule has 1 fully saturated rings. The lowest BCUT2D eigenvalue weighted by Crippen LogP contribution is -2.42. The van der Waals surface area contributed by atoms with E-state index in [1.807, 2.05) is 18.2 Å². The molecule has 5 heteroatoms. The SMILES string of the molecule is COc1cc2nc3ccccc3c(NC3CCN(C(C)C)CC3)c2cc1OC. The molecule has 5 nitrogen and oxygen atoms in total. The predicted molar refractivity (Wildman–Crippen MR) is 116 cm³/mol. The van der Waals surface area contributed by atoms with E-state index in [2.05, 4.69) is 42.3 Å². The average Bonchev–Trinajstić information content (AvgIpc) is 2.73. The third-order valence-corrected chi connectivity index (χ3v) is 5.79. The minimum absolute atomic E-state index is 0.456. The van der Waals surface area contributed by atoms with Crippen molar-refractivity contribution >= 4 is 27.5 Å². The number of benzene rings is 2. The molecule has 0 atom stereocenters. The molecule has 3 aromatic rings. The molecule has 0 spiro atoms. The Morgan fingerprint density at radius 3 is 2.32 bits per heavy atom. The number of ether oxygens (including phenoxy) is 2. The number of nitrogens with zero attached hydrogens (tertiary/aromatic N) is 2. The largest absolute Gasteiger partial charge is 0.493 e. The van der Waals surface area contributed by atoms with Gasteiger partial charge in [-0.15, -0.1) is 0 Å². The monoisotopic (exact) mass is 379 g/mol. The van der Waals surface area contributed by atoms with E-state index < -0.39 is 0 Å². The maximum Gasteiger partial charge on any atom is 0.162 e. The first-order valence-electron chi connectivity index (χ1n) is 10.1. The number of nitrogens with one attached hydrogen (secondary N) is 1. The number of pyridine rings is 1. The summed E-state index contributed by atoms with van der Waals surface area (Å²) >= 11 is 0. The van der Waals surface area contributed by atoms with Crippen LogP contribution in [-0.2, 0) is 0 Å². The number of hydrogen-bond donors (Lipinski definition) is 1. The summed E-state index contributed by atoms with van der Waals surface area (Å²) < 4.78 is 11.0. The minimum Gasteiger partial charge on any atom is -0.493 e. The first-order chi connectivity index (χ1) is 13.6. The van der Waals surface area contributed by atoms with Crippen molar-refractivity contribution in [1.29, 1.82) is 0 Å². The molecule has 0 bridgehead atoms. The second kappa shape index (κ2) is 7.84. The van der Waals surface area contributed by atoms with Crippen molar-refractivity contribution in [2.45, 2.75) is 38.8 Å². The van der Waals surface area contributed by atoms with E-state index in [4.69, 9.17) is 14.5 Å². The summed E-state index contributed by atoms with van der Waals surface area (Å²) in [6.45, 7) is 6.81. The standard InChI is InChI=1S/C23H29N3O2/c1-15(2)26-11-9-16(10-12-26)24-23-17-7-5-6-8-19(17)25-20-14-22(28-4)21(27-3)13-18(20)23/h5-8,13-16H,9-12H2,1-4H3,(H,24,25). The van der Waals surface area contributed by atoms with Crippen molar-refractivity contribution in [2.75, 3.05) is 32.6 Å². The Kier molecular flexibility index (Phi) is 5.27. The van der Waals surface area contributed by atoms with Crippen molar-refractivity contribution in [3.05, 3.63) is 36.4 Å². The van der Waals surface area contributed by atoms with Gasteiger partial charge in [0, 0.05) is 42.0 Å². The van der Waals surface area contributed by atoms with E-state index in [0.717, 1.165) is 59.2 Å². The highest BCUT2D eigenvalue weighted by Crippen LogP contribution is 2.38. The highest BCUT2D eigenvalue weighted by molar-refractivity contribution is 6.08. The second-order valence-electron chi connectivity index (χ2n) is 7.78. The molecule has 1 aromatic heterocycles. The zero-order chi connectivity index (χ0) is 19.7. The zero-order valence-corrected chi connectivity index (χ0v) is 17.2. The highest BCUT2D eigenvalue weighted by atomic mass is 16.5. The highest BCUT2D eigenvalue weighted by Gasteiger charge is 2.22. The molecule has 4 rings (SSSR count). The van der Waals surface area contributed by atoms with Crippen LogP contribution in [0.2, 0.25) is 0 Å². The Bertz CT molecular complexity index is 978. The Labute approximate surface area is 166 Å². The lowest BCUT2D eigenvalue weighted by molar-refractivity contribution is 0.177. The molecule has 1 N–H and O–H groups in total. The van der Waals surface area contributed by atoms with Gasteiger partial charge in [0.2, 0.25) is 0 Å². The first kappa shape index (κ1) is 18.8. The number of para-hydroxylation sites is 1. The molecule has 0 saturated carbocycles. The molecule has 0 radical (unpaired) electrons. The van der Waals surface area contributed by atoms with Crippen molar-refractivity contribution in [1.82, 2.24) is 9.88 Å². The summed E-state index contributed by atoms with van der Waals surface area (Å²) in [5.74, 6) is 1.43. The summed E-state index contributed by atoms with van der Waals surface area (Å²) in [5, 5.41) is 6.07. The lowest BCUT2D eigenvalue weighted by Gasteiger charge is -2.35. The Hall–Kier alpha value is -2.53. The van der Waals surface area contributed by atoms with Gasteiger partial charge in [0.25, 0.3) is 0 Å². The van der Waals surface area contributed by atoms with Crippen LogP contribution in [0.3, 0.4) is 0 Å². The summed E-state index contributed by atoms with van der Waals surface area (Å²) in [7, 11) is 3.33. The van der Waals surface area contributed by atoms with Gasteiger partial charge in [-0.2, -0.15) is 0 Å². The molecular formula is C23H29N3O2. The van der Waals surface area contributed by atoms with Gasteiger partial charge in [-0.1, -0.05) is 18.2 Å². The summed E-state index contributed by atoms with van der Waals surface area (Å²) in [5.41, 5.74) is 3.05. The maximum atomic E-state index is 5.55. The zero-order valence-electron chi connectivity index (χ0n) is 17.2. The molecule has 1 saturated heterocycles. The molecule has 1 aliphatic rings. The second-order valence-corrected chi connectivity index (χ2v) is 7.78. The van der Waals surface area contributed by atoms with Gasteiger partial charge in [-0.05, 0) is 38.8 Å². The van der Waals surface area contributed by atoms with Crippen LogP contribution in [0, 0.1) is 0 Å². The fraction of sp³-hybridized carbons (Fsp3) is 0.435. The van der Waals surface area contributed by atoms with Crippen LogP contribution in [0.15, 0.2) is 36.4 Å². The summed E-state index contributed by atoms with van der Waals surface area (Å²) in [6, 6.07) is 13.4. The quantitative estimate of drug-likeness (QED) is 0.652. The molecule has 28 heavy (non-hydrogen) atoms. The van der Waals surface area contributed by atoms with Crippen LogP contribution in [0.4, 0.5) is 5.69 Å². The van der Waals surface area contributed by atoms with Gasteiger partial charge >= 0.3 is 0 Å². The molecule has 2 heterocycles. The van der Waals surface area contributed by atoms with Gasteiger partial charge in [0.1, 0.15) is 0 Å². The van der Waals surface area contributed by atoms with E-state index in [9.17, 15) is 0 Å². The van der Waals surface area contributed by atoms with Gasteiger partial charge in [0.05, 0.1) is 30.9 Å². The molecule has 0 aliphatic carbocycles. The molecule has 2 aromatic carbocycles. The van der Waals surface area contributed by atoms with Crippen molar-refractivity contribution in [2.24, 2.45) is 0 Å². The number of rotatable bonds is 5. The number of likely N-dealkylation sites (tertiary alicyclic amines) is 1. The van der Waals surface area contributed by atoms with E-state index in [1.54, 1.807) is 14.2 Å². The number of fused-ring (bicyclic) bond motifs is 2. The van der Waals surface area contributed by atoms with Gasteiger partial charge < -0.3 is 19.7 Å². The van der Waals surface area contributed by atoms with Crippen LogP contribution < -0.4 is 14.8 Å². The molecule has 148 valence electrons. The van der Waals surface area contributed by atoms with E-state index in [-0.39, 0.29) is 0 Å². The lowest BCUT2D eigenvalue weighted by atomic mass is 10.0. The average molecular weight is 380 g/mol. The Balaban J connectivity index is 1.78. The summed E-state index contributed by atoms with van der Waals surface area (Å²) in [4.78, 5) is 7.42. The van der Waals surface area contributed by atoms with E-state index >= 15 is 0 Å². The third-order valence-electron chi connectivity index (χ3n) is 5.79. The van der Waals surface area contributed by atoms with Gasteiger partial charge in [0.15, 0.2) is 11.5 Å². The Morgan fingerprint density at radius 1 is 0.964 bits per heavy atom. The Morgan fingerprint density at radius 2 is 1.64 bits per heavy atom. The fourth-order valence-corrected chi connectivity index (χ4v) is 4.14. The maximum absolute atomic E-state index is 5.55. The number of aromatic nitrogens is 1. The third kappa shape index (κ3) is 3.47. The van der Waals surface area contributed by atoms with E-state index in [0.29, 0.717) is 17.8 Å². The van der Waals surface area contributed by atoms with E-state index in [1.165, 1.54) is 0 Å². The van der Waals surface area contributed by atoms with Crippen molar-refractivity contribution < 1.29 is 9.47 Å². The smallest absolute Gasteiger partial charge is 0.162 e. The van der Waals surface area contributed by atoms with Crippen LogP contribution in [0.25, 0.3) is 21.8 Å².